The summed E-state index contributed by atoms with van der Waals surface area (Å²) < 4.78 is 4.82. The smallest absolute Gasteiger partial charge is 0.160 e. The Morgan fingerprint density at radius 3 is 1.62 bits per heavy atom. The lowest BCUT2D eigenvalue weighted by atomic mass is 10.0. The quantitative estimate of drug-likeness (QED) is 0.115. The molecule has 1 aliphatic carbocycles. The molecule has 4 heteroatoms. The van der Waals surface area contributed by atoms with Crippen LogP contribution in [-0.4, -0.2) is 19.1 Å². The van der Waals surface area contributed by atoms with E-state index in [1.165, 1.54) is 98.1 Å². The zero-order valence-corrected chi connectivity index (χ0v) is 35.8. The van der Waals surface area contributed by atoms with Gasteiger partial charge in [-0.2, -0.15) is 0 Å². The van der Waals surface area contributed by atoms with E-state index in [9.17, 15) is 0 Å². The third kappa shape index (κ3) is 7.36. The van der Waals surface area contributed by atoms with E-state index in [0.717, 1.165) is 58.9 Å². The van der Waals surface area contributed by atoms with Crippen molar-refractivity contribution in [2.45, 2.75) is 58.3 Å². The summed E-state index contributed by atoms with van der Waals surface area (Å²) >= 11 is 0. The van der Waals surface area contributed by atoms with Gasteiger partial charge >= 0.3 is 0 Å². The highest BCUT2D eigenvalue weighted by atomic mass is 15.0. The van der Waals surface area contributed by atoms with Crippen molar-refractivity contribution >= 4 is 49.2 Å². The maximum absolute atomic E-state index is 5.10. The number of rotatable bonds is 12. The van der Waals surface area contributed by atoms with Gasteiger partial charge in [0.1, 0.15) is 0 Å². The number of hydrogen-bond acceptors (Lipinski definition) is 2. The minimum atomic E-state index is 0.739. The number of nitrogens with zero attached hydrogens (tertiary/aromatic N) is 4. The highest BCUT2D eigenvalue weighted by Crippen LogP contribution is 2.39. The molecule has 0 saturated heterocycles. The fraction of sp³-hybridized carbons (Fsp3) is 0.153. The standard InChI is InChI=1S/C59H50N4/c1-2-3-4-5-8-17-41-26-32-47(33-27-41)62-55-24-15-13-22-49(55)51-38-45(30-36-57(51)62)46-31-37-58-52(39-46)50-23-14-16-25-56(50)63(58)48-34-28-43(29-35-48)54-40-53(42-18-9-6-10-19-42)60-59(61-54)44-20-11-7-12-21-44/h7,9,11-16,18-40H,2-6,8,10,17H2,1H3. The molecule has 63 heavy (non-hydrogen) atoms. The number of aromatic nitrogens is 4. The summed E-state index contributed by atoms with van der Waals surface area (Å²) in [6.07, 6.45) is 16.5. The molecule has 4 nitrogen and oxygen atoms in total. The second kappa shape index (κ2) is 16.9. The van der Waals surface area contributed by atoms with Crippen molar-refractivity contribution in [2.24, 2.45) is 0 Å². The first-order chi connectivity index (χ1) is 31.2. The van der Waals surface area contributed by atoms with Crippen LogP contribution in [0, 0.1) is 0 Å². The van der Waals surface area contributed by atoms with Crippen LogP contribution in [0.25, 0.3) is 94.3 Å². The normalized spacial score (nSPS) is 12.8. The van der Waals surface area contributed by atoms with Gasteiger partial charge in [-0.25, -0.2) is 9.97 Å². The highest BCUT2D eigenvalue weighted by Gasteiger charge is 2.17. The van der Waals surface area contributed by atoms with Gasteiger partial charge in [-0.1, -0.05) is 154 Å². The maximum atomic E-state index is 5.10. The van der Waals surface area contributed by atoms with E-state index in [2.05, 4.69) is 186 Å². The number of fused-ring (bicyclic) bond motifs is 6. The van der Waals surface area contributed by atoms with Crippen LogP contribution < -0.4 is 0 Å². The molecule has 7 aromatic carbocycles. The largest absolute Gasteiger partial charge is 0.309 e. The molecule has 0 fully saturated rings. The molecular formula is C59H50N4. The van der Waals surface area contributed by atoms with Gasteiger partial charge in [0.25, 0.3) is 0 Å². The maximum Gasteiger partial charge on any atom is 0.160 e. The minimum absolute atomic E-state index is 0.739. The lowest BCUT2D eigenvalue weighted by Crippen LogP contribution is -1.99. The van der Waals surface area contributed by atoms with E-state index >= 15 is 0 Å². The first-order valence-electron chi connectivity index (χ1n) is 22.8. The number of allylic oxidation sites excluding steroid dienone is 4. The monoisotopic (exact) mass is 814 g/mol. The molecule has 1 aliphatic rings. The molecule has 0 N–H and O–H groups in total. The van der Waals surface area contributed by atoms with Crippen molar-refractivity contribution in [3.63, 3.8) is 0 Å². The molecule has 0 radical (unpaired) electrons. The van der Waals surface area contributed by atoms with Crippen LogP contribution in [0.15, 0.2) is 188 Å². The van der Waals surface area contributed by atoms with Gasteiger partial charge in [-0.3, -0.25) is 0 Å². The Bertz CT molecular complexity index is 3330. The second-order valence-electron chi connectivity index (χ2n) is 17.0. The fourth-order valence-electron chi connectivity index (χ4n) is 9.65. The Labute approximate surface area is 369 Å². The Balaban J connectivity index is 0.941. The van der Waals surface area contributed by atoms with Gasteiger partial charge in [0, 0.05) is 44.0 Å². The van der Waals surface area contributed by atoms with Crippen LogP contribution in [0.2, 0.25) is 0 Å². The number of para-hydroxylation sites is 2. The molecule has 11 rings (SSSR count). The lowest BCUT2D eigenvalue weighted by Gasteiger charge is -2.13. The summed E-state index contributed by atoms with van der Waals surface area (Å²) in [4.78, 5) is 10.1. The van der Waals surface area contributed by atoms with Crippen molar-refractivity contribution in [2.75, 3.05) is 0 Å². The zero-order chi connectivity index (χ0) is 42.1. The molecule has 0 saturated carbocycles. The van der Waals surface area contributed by atoms with Gasteiger partial charge in [0.2, 0.25) is 0 Å². The van der Waals surface area contributed by atoms with Crippen LogP contribution in [-0.2, 0) is 6.42 Å². The predicted molar refractivity (Wildman–Crippen MR) is 266 cm³/mol. The van der Waals surface area contributed by atoms with Crippen LogP contribution in [0.5, 0.6) is 0 Å². The molecule has 0 amide bonds. The van der Waals surface area contributed by atoms with E-state index in [-0.39, 0.29) is 0 Å². The summed E-state index contributed by atoms with van der Waals surface area (Å²) in [6.45, 7) is 2.28. The zero-order valence-electron chi connectivity index (χ0n) is 35.8. The second-order valence-corrected chi connectivity index (χ2v) is 17.0. The highest BCUT2D eigenvalue weighted by molar-refractivity contribution is 6.12. The van der Waals surface area contributed by atoms with Crippen molar-refractivity contribution in [3.8, 4) is 45.1 Å². The average molecular weight is 815 g/mol. The number of aryl methyl sites for hydroxylation is 1. The van der Waals surface area contributed by atoms with E-state index in [0.29, 0.717) is 0 Å². The summed E-state index contributed by atoms with van der Waals surface area (Å²) in [5, 5.41) is 5.02. The third-order valence-corrected chi connectivity index (χ3v) is 12.9. The van der Waals surface area contributed by atoms with Crippen molar-refractivity contribution in [1.82, 2.24) is 19.1 Å². The van der Waals surface area contributed by atoms with Crippen molar-refractivity contribution in [1.29, 1.82) is 0 Å². The van der Waals surface area contributed by atoms with Gasteiger partial charge < -0.3 is 9.13 Å². The average Bonchev–Trinajstić information content (AvgIpc) is 3.87. The fourth-order valence-corrected chi connectivity index (χ4v) is 9.65. The van der Waals surface area contributed by atoms with E-state index in [1.807, 2.05) is 18.2 Å². The molecule has 3 aromatic heterocycles. The SMILES string of the molecule is CCCCCCCc1ccc(-n2c3ccccc3c3cc(-c4ccc5c(c4)c4ccccc4n5-c4ccc(-c5cc(C6=CCCC=C6)nc(-c6ccccc6)n5)cc4)ccc32)cc1. The Morgan fingerprint density at radius 1 is 0.444 bits per heavy atom. The summed E-state index contributed by atoms with van der Waals surface area (Å²) in [5.41, 5.74) is 16.1. The predicted octanol–water partition coefficient (Wildman–Crippen LogP) is 15.9. The van der Waals surface area contributed by atoms with Crippen molar-refractivity contribution < 1.29 is 0 Å². The lowest BCUT2D eigenvalue weighted by molar-refractivity contribution is 0.632. The Morgan fingerprint density at radius 2 is 1.00 bits per heavy atom. The van der Waals surface area contributed by atoms with Gasteiger partial charge in [0.15, 0.2) is 5.82 Å². The van der Waals surface area contributed by atoms with Gasteiger partial charge in [-0.05, 0) is 115 Å². The van der Waals surface area contributed by atoms with E-state index < -0.39 is 0 Å². The Hall–Kier alpha value is -7.30. The van der Waals surface area contributed by atoms with Crippen molar-refractivity contribution in [3.05, 3.63) is 199 Å². The van der Waals surface area contributed by atoms with Gasteiger partial charge in [-0.15, -0.1) is 0 Å². The topological polar surface area (TPSA) is 35.6 Å². The first-order valence-corrected chi connectivity index (χ1v) is 22.8. The summed E-state index contributed by atoms with van der Waals surface area (Å²) in [5.74, 6) is 0.739. The number of unbranched alkanes of at least 4 members (excludes halogenated alkanes) is 4. The molecular weight excluding hydrogens is 765 g/mol. The molecule has 0 atom stereocenters. The first kappa shape index (κ1) is 38.6. The van der Waals surface area contributed by atoms with E-state index in [1.54, 1.807) is 0 Å². The summed E-state index contributed by atoms with van der Waals surface area (Å²) in [6, 6.07) is 62.1. The molecule has 10 aromatic rings. The molecule has 0 spiro atoms. The molecule has 3 heterocycles. The van der Waals surface area contributed by atoms with Crippen LogP contribution in [0.1, 0.15) is 63.1 Å². The molecule has 0 unspecified atom stereocenters. The van der Waals surface area contributed by atoms with Gasteiger partial charge in [0.05, 0.1) is 33.5 Å². The van der Waals surface area contributed by atoms with Crippen LogP contribution in [0.3, 0.4) is 0 Å². The molecule has 0 aliphatic heterocycles. The van der Waals surface area contributed by atoms with E-state index in [4.69, 9.17) is 9.97 Å². The molecule has 0 bridgehead atoms. The van der Waals surface area contributed by atoms with Crippen LogP contribution >= 0.6 is 0 Å². The Kier molecular flexibility index (Phi) is 10.3. The summed E-state index contributed by atoms with van der Waals surface area (Å²) in [7, 11) is 0. The van der Waals surface area contributed by atoms with Crippen LogP contribution in [0.4, 0.5) is 0 Å². The number of benzene rings is 7. The minimum Gasteiger partial charge on any atom is -0.309 e. The third-order valence-electron chi connectivity index (χ3n) is 12.9. The number of hydrogen-bond donors (Lipinski definition) is 0. The molecule has 306 valence electrons.